The zero-order chi connectivity index (χ0) is 22.2. The quantitative estimate of drug-likeness (QED) is 0.690. The molecule has 2 aliphatic rings. The first-order chi connectivity index (χ1) is 15.7. The number of aryl methyl sites for hydroxylation is 1. The van der Waals surface area contributed by atoms with Gasteiger partial charge in [0.25, 0.3) is 0 Å². The Bertz CT molecular complexity index is 891. The minimum Gasteiger partial charge on any atom is -0.343 e. The number of nitrogens with zero attached hydrogens (tertiary/aromatic N) is 2. The molecule has 0 radical (unpaired) electrons. The second kappa shape index (κ2) is 11.5. The lowest BCUT2D eigenvalue weighted by molar-refractivity contribution is -0.134. The Kier molecular flexibility index (Phi) is 8.24. The van der Waals surface area contributed by atoms with Crippen LogP contribution in [0.5, 0.6) is 0 Å². The smallest absolute Gasteiger partial charge is 0.227 e. The SMILES string of the molecule is O=C(Nc1ccccc1CN1CCSCC1)C1CCN(C(=O)CCc2ccccc2)CC1. The van der Waals surface area contributed by atoms with Gasteiger partial charge in [0, 0.05) is 62.3 Å². The van der Waals surface area contributed by atoms with Gasteiger partial charge in [-0.15, -0.1) is 0 Å². The fraction of sp³-hybridized carbons (Fsp3) is 0.462. The number of para-hydroxylation sites is 1. The van der Waals surface area contributed by atoms with Gasteiger partial charge in [-0.3, -0.25) is 14.5 Å². The molecule has 2 heterocycles. The maximum atomic E-state index is 13.0. The van der Waals surface area contributed by atoms with Gasteiger partial charge in [-0.25, -0.2) is 0 Å². The summed E-state index contributed by atoms with van der Waals surface area (Å²) in [7, 11) is 0. The molecule has 2 aromatic rings. The van der Waals surface area contributed by atoms with Gasteiger partial charge in [0.2, 0.25) is 11.8 Å². The average molecular weight is 452 g/mol. The second-order valence-electron chi connectivity index (χ2n) is 8.68. The Labute approximate surface area is 195 Å². The molecule has 2 amide bonds. The Hall–Kier alpha value is -2.31. The Morgan fingerprint density at radius 1 is 0.906 bits per heavy atom. The van der Waals surface area contributed by atoms with Crippen molar-refractivity contribution in [2.75, 3.05) is 43.0 Å². The molecular weight excluding hydrogens is 418 g/mol. The van der Waals surface area contributed by atoms with Crippen molar-refractivity contribution < 1.29 is 9.59 Å². The van der Waals surface area contributed by atoms with Crippen LogP contribution < -0.4 is 5.32 Å². The summed E-state index contributed by atoms with van der Waals surface area (Å²) in [6.07, 6.45) is 2.76. The number of benzene rings is 2. The van der Waals surface area contributed by atoms with Crippen molar-refractivity contribution in [1.29, 1.82) is 0 Å². The van der Waals surface area contributed by atoms with Crippen LogP contribution in [-0.4, -0.2) is 59.3 Å². The number of rotatable bonds is 7. The van der Waals surface area contributed by atoms with E-state index in [9.17, 15) is 9.59 Å². The molecule has 2 aromatic carbocycles. The van der Waals surface area contributed by atoms with E-state index in [2.05, 4.69) is 28.4 Å². The molecule has 170 valence electrons. The molecule has 2 aliphatic heterocycles. The van der Waals surface area contributed by atoms with Crippen LogP contribution >= 0.6 is 11.8 Å². The van der Waals surface area contributed by atoms with Crippen molar-refractivity contribution in [3.63, 3.8) is 0 Å². The number of hydrogen-bond acceptors (Lipinski definition) is 4. The van der Waals surface area contributed by atoms with Crippen LogP contribution in [0.15, 0.2) is 54.6 Å². The number of nitrogens with one attached hydrogen (secondary N) is 1. The Morgan fingerprint density at radius 3 is 2.34 bits per heavy atom. The predicted molar refractivity (Wildman–Crippen MR) is 132 cm³/mol. The highest BCUT2D eigenvalue weighted by Crippen LogP contribution is 2.24. The molecule has 32 heavy (non-hydrogen) atoms. The summed E-state index contributed by atoms with van der Waals surface area (Å²) >= 11 is 2.01. The maximum absolute atomic E-state index is 13.0. The van der Waals surface area contributed by atoms with Crippen LogP contribution in [0.2, 0.25) is 0 Å². The van der Waals surface area contributed by atoms with Gasteiger partial charge in [0.15, 0.2) is 0 Å². The summed E-state index contributed by atoms with van der Waals surface area (Å²) in [4.78, 5) is 29.9. The third kappa shape index (κ3) is 6.36. The van der Waals surface area contributed by atoms with Gasteiger partial charge < -0.3 is 10.2 Å². The topological polar surface area (TPSA) is 52.7 Å². The second-order valence-corrected chi connectivity index (χ2v) is 9.90. The summed E-state index contributed by atoms with van der Waals surface area (Å²) in [5.41, 5.74) is 3.30. The zero-order valence-electron chi connectivity index (χ0n) is 18.7. The van der Waals surface area contributed by atoms with E-state index in [1.807, 2.05) is 53.1 Å². The third-order valence-electron chi connectivity index (χ3n) is 6.46. The van der Waals surface area contributed by atoms with Crippen molar-refractivity contribution in [2.24, 2.45) is 5.92 Å². The molecule has 1 N–H and O–H groups in total. The minimum atomic E-state index is -0.0346. The van der Waals surface area contributed by atoms with Gasteiger partial charge in [-0.1, -0.05) is 48.5 Å². The monoisotopic (exact) mass is 451 g/mol. The first-order valence-corrected chi connectivity index (χ1v) is 12.8. The van der Waals surface area contributed by atoms with Gasteiger partial charge in [0.05, 0.1) is 0 Å². The molecule has 0 bridgehead atoms. The minimum absolute atomic E-state index is 0.0346. The molecule has 0 saturated carbocycles. The molecule has 6 heteroatoms. The van der Waals surface area contributed by atoms with Gasteiger partial charge in [-0.2, -0.15) is 11.8 Å². The van der Waals surface area contributed by atoms with Crippen LogP contribution in [0.25, 0.3) is 0 Å². The highest BCUT2D eigenvalue weighted by Gasteiger charge is 2.27. The number of piperidine rings is 1. The van der Waals surface area contributed by atoms with E-state index in [4.69, 9.17) is 0 Å². The summed E-state index contributed by atoms with van der Waals surface area (Å²) in [6, 6.07) is 18.3. The lowest BCUT2D eigenvalue weighted by atomic mass is 9.95. The van der Waals surface area contributed by atoms with Crippen molar-refractivity contribution in [3.05, 3.63) is 65.7 Å². The van der Waals surface area contributed by atoms with Crippen LogP contribution in [0.4, 0.5) is 5.69 Å². The van der Waals surface area contributed by atoms with E-state index in [0.717, 1.165) is 44.6 Å². The third-order valence-corrected chi connectivity index (χ3v) is 7.40. The van der Waals surface area contributed by atoms with Crippen molar-refractivity contribution >= 4 is 29.3 Å². The van der Waals surface area contributed by atoms with E-state index in [1.165, 1.54) is 22.6 Å². The summed E-state index contributed by atoms with van der Waals surface area (Å²) < 4.78 is 0. The number of amides is 2. The fourth-order valence-corrected chi connectivity index (χ4v) is 5.44. The number of carbonyl (C=O) groups is 2. The Balaban J connectivity index is 1.25. The van der Waals surface area contributed by atoms with Crippen LogP contribution in [-0.2, 0) is 22.6 Å². The fourth-order valence-electron chi connectivity index (χ4n) is 4.46. The lowest BCUT2D eigenvalue weighted by Gasteiger charge is -2.32. The summed E-state index contributed by atoms with van der Waals surface area (Å²) in [5.74, 6) is 2.60. The number of hydrogen-bond donors (Lipinski definition) is 1. The molecule has 0 spiro atoms. The molecule has 4 rings (SSSR count). The lowest BCUT2D eigenvalue weighted by Crippen LogP contribution is -2.41. The predicted octanol–water partition coefficient (Wildman–Crippen LogP) is 4.05. The highest BCUT2D eigenvalue weighted by atomic mass is 32.2. The van der Waals surface area contributed by atoms with E-state index in [1.54, 1.807) is 0 Å². The first kappa shape index (κ1) is 22.9. The first-order valence-electron chi connectivity index (χ1n) is 11.7. The van der Waals surface area contributed by atoms with Gasteiger partial charge in [0.1, 0.15) is 0 Å². The highest BCUT2D eigenvalue weighted by molar-refractivity contribution is 7.99. The molecule has 2 fully saturated rings. The van der Waals surface area contributed by atoms with Crippen LogP contribution in [0.3, 0.4) is 0 Å². The van der Waals surface area contributed by atoms with Crippen LogP contribution in [0, 0.1) is 5.92 Å². The van der Waals surface area contributed by atoms with Crippen molar-refractivity contribution in [3.8, 4) is 0 Å². The summed E-state index contributed by atoms with van der Waals surface area (Å²) in [6.45, 7) is 4.41. The maximum Gasteiger partial charge on any atom is 0.227 e. The van der Waals surface area contributed by atoms with E-state index in [-0.39, 0.29) is 17.7 Å². The van der Waals surface area contributed by atoms with E-state index >= 15 is 0 Å². The van der Waals surface area contributed by atoms with Crippen molar-refractivity contribution in [1.82, 2.24) is 9.80 Å². The average Bonchev–Trinajstić information content (AvgIpc) is 2.85. The Morgan fingerprint density at radius 2 is 1.59 bits per heavy atom. The standard InChI is InChI=1S/C26H33N3O2S/c30-25(11-10-21-6-2-1-3-7-21)29-14-12-22(13-15-29)26(31)27-24-9-5-4-8-23(24)20-28-16-18-32-19-17-28/h1-9,22H,10-20H2,(H,27,31). The molecular formula is C26H33N3O2S. The number of carbonyl (C=O) groups excluding carboxylic acids is 2. The van der Waals surface area contributed by atoms with Crippen molar-refractivity contribution in [2.45, 2.75) is 32.2 Å². The van der Waals surface area contributed by atoms with Gasteiger partial charge in [-0.05, 0) is 36.5 Å². The largest absolute Gasteiger partial charge is 0.343 e. The zero-order valence-corrected chi connectivity index (χ0v) is 19.5. The molecule has 5 nitrogen and oxygen atoms in total. The number of anilines is 1. The molecule has 0 atom stereocenters. The van der Waals surface area contributed by atoms with Crippen LogP contribution in [0.1, 0.15) is 30.4 Å². The molecule has 2 saturated heterocycles. The van der Waals surface area contributed by atoms with Gasteiger partial charge >= 0.3 is 0 Å². The normalized spacial score (nSPS) is 17.8. The number of thioether (sulfide) groups is 1. The summed E-state index contributed by atoms with van der Waals surface area (Å²) in [5, 5.41) is 3.19. The van der Waals surface area contributed by atoms with E-state index in [0.29, 0.717) is 19.5 Å². The molecule has 0 aliphatic carbocycles. The number of likely N-dealkylation sites (tertiary alicyclic amines) is 1. The van der Waals surface area contributed by atoms with E-state index < -0.39 is 0 Å². The molecule has 0 aromatic heterocycles. The molecule has 0 unspecified atom stereocenters.